The first kappa shape index (κ1) is 10.2. The molecule has 0 atom stereocenters. The number of hydrogen-bond acceptors (Lipinski definition) is 4. The number of rotatable bonds is 2. The molecule has 0 aliphatic heterocycles. The van der Waals surface area contributed by atoms with E-state index in [1.54, 1.807) is 0 Å². The van der Waals surface area contributed by atoms with Crippen LogP contribution in [0.1, 0.15) is 5.56 Å². The van der Waals surface area contributed by atoms with Gasteiger partial charge in [0.2, 0.25) is 0 Å². The molecule has 0 bridgehead atoms. The number of aromatic nitrogens is 1. The second kappa shape index (κ2) is 4.48. The fraction of sp³-hybridized carbons (Fsp3) is 0.0909. The third kappa shape index (κ3) is 2.20. The molecule has 0 radical (unpaired) electrons. The van der Waals surface area contributed by atoms with E-state index in [-0.39, 0.29) is 6.61 Å². The highest BCUT2D eigenvalue weighted by Crippen LogP contribution is 2.01. The minimum atomic E-state index is -0.752. The summed E-state index contributed by atoms with van der Waals surface area (Å²) in [5, 5.41) is 0. The highest BCUT2D eigenvalue weighted by atomic mass is 16.6. The molecular weight excluding hydrogens is 210 g/mol. The van der Waals surface area contributed by atoms with Crippen molar-refractivity contribution in [2.75, 3.05) is 0 Å². The maximum atomic E-state index is 11.4. The lowest BCUT2D eigenvalue weighted by Gasteiger charge is -2.03. The molecule has 16 heavy (non-hydrogen) atoms. The Morgan fingerprint density at radius 1 is 1.31 bits per heavy atom. The van der Waals surface area contributed by atoms with Gasteiger partial charge in [-0.3, -0.25) is 0 Å². The maximum absolute atomic E-state index is 11.4. The molecule has 0 aliphatic rings. The van der Waals surface area contributed by atoms with Crippen LogP contribution in [0.5, 0.6) is 0 Å². The number of ether oxygens (including phenoxy) is 1. The standard InChI is InChI=1S/C11H9NO4/c13-10-12(6-7-15-10)11(14)16-8-9-4-2-1-3-5-9/h1-7H,8H2. The van der Waals surface area contributed by atoms with Crippen LogP contribution in [-0.2, 0) is 11.3 Å². The van der Waals surface area contributed by atoms with Gasteiger partial charge in [-0.15, -0.1) is 0 Å². The van der Waals surface area contributed by atoms with Gasteiger partial charge in [-0.2, -0.15) is 4.57 Å². The number of hydrogen-bond donors (Lipinski definition) is 0. The quantitative estimate of drug-likeness (QED) is 0.770. The SMILES string of the molecule is O=C(OCc1ccccc1)n1ccoc1=O. The molecule has 0 saturated heterocycles. The van der Waals surface area contributed by atoms with Crippen molar-refractivity contribution < 1.29 is 13.9 Å². The van der Waals surface area contributed by atoms with Gasteiger partial charge >= 0.3 is 11.8 Å². The number of carbonyl (C=O) groups is 1. The normalized spacial score (nSPS) is 10.0. The van der Waals surface area contributed by atoms with Crippen LogP contribution in [0.15, 0.2) is 52.0 Å². The average Bonchev–Trinajstić information content (AvgIpc) is 2.74. The molecule has 0 amide bonds. The summed E-state index contributed by atoms with van der Waals surface area (Å²) in [6.07, 6.45) is 1.60. The van der Waals surface area contributed by atoms with Crippen molar-refractivity contribution in [2.45, 2.75) is 6.61 Å². The highest BCUT2D eigenvalue weighted by Gasteiger charge is 2.09. The third-order valence-corrected chi connectivity index (χ3v) is 1.98. The van der Waals surface area contributed by atoms with Gasteiger partial charge in [0.1, 0.15) is 12.9 Å². The number of carbonyl (C=O) groups excluding carboxylic acids is 1. The van der Waals surface area contributed by atoms with Crippen LogP contribution in [0.2, 0.25) is 0 Å². The zero-order valence-electron chi connectivity index (χ0n) is 8.33. The summed E-state index contributed by atoms with van der Waals surface area (Å²) in [7, 11) is 0. The smallest absolute Gasteiger partial charge is 0.428 e. The summed E-state index contributed by atoms with van der Waals surface area (Å²) >= 11 is 0. The predicted molar refractivity (Wildman–Crippen MR) is 55.0 cm³/mol. The Kier molecular flexibility index (Phi) is 2.86. The van der Waals surface area contributed by atoms with E-state index in [9.17, 15) is 9.59 Å². The van der Waals surface area contributed by atoms with Crippen LogP contribution in [0.3, 0.4) is 0 Å². The third-order valence-electron chi connectivity index (χ3n) is 1.98. The van der Waals surface area contributed by atoms with E-state index >= 15 is 0 Å². The van der Waals surface area contributed by atoms with Gasteiger partial charge in [0.15, 0.2) is 0 Å². The van der Waals surface area contributed by atoms with Crippen molar-refractivity contribution in [1.82, 2.24) is 4.57 Å². The van der Waals surface area contributed by atoms with Gasteiger partial charge in [0, 0.05) is 0 Å². The van der Waals surface area contributed by atoms with Gasteiger partial charge in [-0.25, -0.2) is 9.59 Å². The van der Waals surface area contributed by atoms with E-state index in [0.717, 1.165) is 16.4 Å². The molecule has 0 fully saturated rings. The number of nitrogens with zero attached hydrogens (tertiary/aromatic N) is 1. The Morgan fingerprint density at radius 3 is 2.69 bits per heavy atom. The van der Waals surface area contributed by atoms with E-state index in [1.807, 2.05) is 30.3 Å². The molecular formula is C11H9NO4. The molecule has 2 aromatic rings. The summed E-state index contributed by atoms with van der Waals surface area (Å²) in [5.74, 6) is -0.752. The van der Waals surface area contributed by atoms with E-state index < -0.39 is 11.8 Å². The first-order valence-corrected chi connectivity index (χ1v) is 4.64. The van der Waals surface area contributed by atoms with Crippen LogP contribution in [0.25, 0.3) is 0 Å². The van der Waals surface area contributed by atoms with E-state index in [2.05, 4.69) is 4.42 Å². The van der Waals surface area contributed by atoms with Crippen molar-refractivity contribution >= 4 is 6.09 Å². The summed E-state index contributed by atoms with van der Waals surface area (Å²) in [6, 6.07) is 9.20. The molecule has 5 heteroatoms. The van der Waals surface area contributed by atoms with Crippen LogP contribution in [-0.4, -0.2) is 10.7 Å². The fourth-order valence-electron chi connectivity index (χ4n) is 1.19. The zero-order chi connectivity index (χ0) is 11.4. The van der Waals surface area contributed by atoms with Crippen molar-refractivity contribution in [3.8, 4) is 0 Å². The van der Waals surface area contributed by atoms with Gasteiger partial charge in [0.05, 0.1) is 6.20 Å². The van der Waals surface area contributed by atoms with Crippen molar-refractivity contribution in [3.63, 3.8) is 0 Å². The minimum Gasteiger partial charge on any atom is -0.444 e. The van der Waals surface area contributed by atoms with E-state index in [0.29, 0.717) is 0 Å². The molecule has 5 nitrogen and oxygen atoms in total. The summed E-state index contributed by atoms with van der Waals surface area (Å²) in [4.78, 5) is 22.3. The lowest BCUT2D eigenvalue weighted by molar-refractivity contribution is 0.139. The lowest BCUT2D eigenvalue weighted by atomic mass is 10.2. The molecule has 1 aromatic heterocycles. The Balaban J connectivity index is 2.00. The first-order chi connectivity index (χ1) is 7.77. The van der Waals surface area contributed by atoms with E-state index in [4.69, 9.17) is 4.74 Å². The Labute approximate surface area is 90.9 Å². The summed E-state index contributed by atoms with van der Waals surface area (Å²) < 4.78 is 10.1. The largest absolute Gasteiger partial charge is 0.444 e. The Bertz CT molecular complexity index is 526. The average molecular weight is 219 g/mol. The topological polar surface area (TPSA) is 61.4 Å². The van der Waals surface area contributed by atoms with Gasteiger partial charge in [-0.1, -0.05) is 30.3 Å². The predicted octanol–water partition coefficient (Wildman–Crippen LogP) is 1.63. The monoisotopic (exact) mass is 219 g/mol. The maximum Gasteiger partial charge on any atom is 0.428 e. The second-order valence-electron chi connectivity index (χ2n) is 3.08. The Hall–Kier alpha value is -2.30. The second-order valence-corrected chi connectivity index (χ2v) is 3.08. The molecule has 2 rings (SSSR count). The molecule has 1 aromatic carbocycles. The number of oxazole rings is 1. The molecule has 0 saturated carbocycles. The molecule has 0 N–H and O–H groups in total. The highest BCUT2D eigenvalue weighted by molar-refractivity contribution is 5.69. The molecule has 0 aliphatic carbocycles. The van der Waals surface area contributed by atoms with E-state index in [1.165, 1.54) is 6.20 Å². The van der Waals surface area contributed by atoms with Crippen LogP contribution < -0.4 is 5.76 Å². The van der Waals surface area contributed by atoms with Crippen molar-refractivity contribution in [2.24, 2.45) is 0 Å². The fourth-order valence-corrected chi connectivity index (χ4v) is 1.19. The lowest BCUT2D eigenvalue weighted by Crippen LogP contribution is -2.23. The van der Waals surface area contributed by atoms with Gasteiger partial charge in [-0.05, 0) is 5.56 Å². The summed E-state index contributed by atoms with van der Waals surface area (Å²) in [6.45, 7) is 0.122. The van der Waals surface area contributed by atoms with Gasteiger partial charge in [0.25, 0.3) is 0 Å². The number of benzene rings is 1. The zero-order valence-corrected chi connectivity index (χ0v) is 8.33. The molecule has 1 heterocycles. The van der Waals surface area contributed by atoms with Gasteiger partial charge < -0.3 is 9.15 Å². The van der Waals surface area contributed by atoms with Crippen LogP contribution in [0.4, 0.5) is 4.79 Å². The Morgan fingerprint density at radius 2 is 2.06 bits per heavy atom. The first-order valence-electron chi connectivity index (χ1n) is 4.64. The van der Waals surface area contributed by atoms with Crippen molar-refractivity contribution in [1.29, 1.82) is 0 Å². The van der Waals surface area contributed by atoms with Crippen LogP contribution >= 0.6 is 0 Å². The minimum absolute atomic E-state index is 0.122. The molecule has 0 unspecified atom stereocenters. The van der Waals surface area contributed by atoms with Crippen LogP contribution in [0, 0.1) is 0 Å². The van der Waals surface area contributed by atoms with Crippen molar-refractivity contribution in [3.05, 3.63) is 58.9 Å². The molecule has 0 spiro atoms. The summed E-state index contributed by atoms with van der Waals surface area (Å²) in [5.41, 5.74) is 0.854. The molecule has 82 valence electrons.